The summed E-state index contributed by atoms with van der Waals surface area (Å²) < 4.78 is 14.2. The molecule has 0 fully saturated rings. The highest BCUT2D eigenvalue weighted by atomic mass is 79.9. The first kappa shape index (κ1) is 15.8. The zero-order valence-corrected chi connectivity index (χ0v) is 12.7. The van der Waals surface area contributed by atoms with E-state index in [1.54, 1.807) is 12.1 Å². The van der Waals surface area contributed by atoms with Crippen molar-refractivity contribution in [2.45, 2.75) is 26.7 Å². The Morgan fingerprint density at radius 2 is 2.21 bits per heavy atom. The lowest BCUT2D eigenvalue weighted by Crippen LogP contribution is -2.32. The molecule has 1 rings (SSSR count). The fourth-order valence-electron chi connectivity index (χ4n) is 1.67. The van der Waals surface area contributed by atoms with Crippen molar-refractivity contribution in [1.82, 2.24) is 0 Å². The zero-order valence-electron chi connectivity index (χ0n) is 11.1. The van der Waals surface area contributed by atoms with Gasteiger partial charge in [-0.05, 0) is 40.9 Å². The molecule has 106 valence electrons. The van der Waals surface area contributed by atoms with Crippen LogP contribution in [-0.4, -0.2) is 17.6 Å². The molecular weight excluding hydrogens is 313 g/mol. The van der Waals surface area contributed by atoms with Gasteiger partial charge in [0.05, 0.1) is 5.69 Å². The molecule has 1 aromatic carbocycles. The van der Waals surface area contributed by atoms with Gasteiger partial charge in [0.1, 0.15) is 11.7 Å². The first-order valence-corrected chi connectivity index (χ1v) is 6.83. The molecule has 4 nitrogen and oxygen atoms in total. The van der Waals surface area contributed by atoms with Crippen LogP contribution in [0.25, 0.3) is 0 Å². The van der Waals surface area contributed by atoms with Crippen LogP contribution in [0.2, 0.25) is 0 Å². The van der Waals surface area contributed by atoms with Crippen molar-refractivity contribution in [3.8, 4) is 0 Å². The van der Waals surface area contributed by atoms with E-state index >= 15 is 0 Å². The summed E-state index contributed by atoms with van der Waals surface area (Å²) in [5.41, 5.74) is 5.69. The molecule has 19 heavy (non-hydrogen) atoms. The second-order valence-electron chi connectivity index (χ2n) is 5.00. The van der Waals surface area contributed by atoms with Gasteiger partial charge in [0.25, 0.3) is 0 Å². The number of benzene rings is 1. The SMILES string of the molecule is CC(C)(CCCNc1c(F)cccc1Br)/C(N)=N/O. The first-order valence-electron chi connectivity index (χ1n) is 6.04. The van der Waals surface area contributed by atoms with Crippen LogP contribution in [-0.2, 0) is 0 Å². The van der Waals surface area contributed by atoms with Gasteiger partial charge in [-0.15, -0.1) is 0 Å². The van der Waals surface area contributed by atoms with Crippen molar-refractivity contribution in [1.29, 1.82) is 0 Å². The number of nitrogens with two attached hydrogens (primary N) is 1. The maximum atomic E-state index is 13.5. The molecule has 0 unspecified atom stereocenters. The fourth-order valence-corrected chi connectivity index (χ4v) is 2.16. The molecule has 1 aromatic rings. The van der Waals surface area contributed by atoms with E-state index in [4.69, 9.17) is 10.9 Å². The number of para-hydroxylation sites is 1. The summed E-state index contributed by atoms with van der Waals surface area (Å²) in [6, 6.07) is 4.84. The largest absolute Gasteiger partial charge is 0.409 e. The Kier molecular flexibility index (Phi) is 5.60. The van der Waals surface area contributed by atoms with Crippen molar-refractivity contribution < 1.29 is 9.60 Å². The topological polar surface area (TPSA) is 70.6 Å². The number of anilines is 1. The van der Waals surface area contributed by atoms with E-state index in [0.29, 0.717) is 16.7 Å². The molecule has 0 spiro atoms. The van der Waals surface area contributed by atoms with Gasteiger partial charge in [-0.2, -0.15) is 0 Å². The average molecular weight is 332 g/mol. The number of nitrogens with zero attached hydrogens (tertiary/aromatic N) is 1. The van der Waals surface area contributed by atoms with Crippen molar-refractivity contribution in [3.05, 3.63) is 28.5 Å². The number of halogens is 2. The summed E-state index contributed by atoms with van der Waals surface area (Å²) in [6.07, 6.45) is 1.52. The lowest BCUT2D eigenvalue weighted by molar-refractivity contribution is 0.305. The number of oxime groups is 1. The van der Waals surface area contributed by atoms with Gasteiger partial charge < -0.3 is 16.3 Å². The molecule has 0 aliphatic rings. The predicted octanol–water partition coefficient (Wildman–Crippen LogP) is 3.55. The summed E-state index contributed by atoms with van der Waals surface area (Å²) in [4.78, 5) is 0. The molecule has 0 saturated heterocycles. The van der Waals surface area contributed by atoms with E-state index in [2.05, 4.69) is 26.4 Å². The second-order valence-corrected chi connectivity index (χ2v) is 5.85. The van der Waals surface area contributed by atoms with Crippen LogP contribution in [0.5, 0.6) is 0 Å². The lowest BCUT2D eigenvalue weighted by Gasteiger charge is -2.22. The highest BCUT2D eigenvalue weighted by Crippen LogP contribution is 2.26. The number of nitrogens with one attached hydrogen (secondary N) is 1. The molecule has 0 aliphatic carbocycles. The lowest BCUT2D eigenvalue weighted by atomic mass is 9.86. The predicted molar refractivity (Wildman–Crippen MR) is 79.0 cm³/mol. The van der Waals surface area contributed by atoms with E-state index in [0.717, 1.165) is 12.8 Å². The van der Waals surface area contributed by atoms with Gasteiger partial charge in [-0.1, -0.05) is 25.1 Å². The molecule has 0 atom stereocenters. The normalized spacial score (nSPS) is 12.5. The van der Waals surface area contributed by atoms with E-state index in [1.807, 2.05) is 13.8 Å². The van der Waals surface area contributed by atoms with Crippen LogP contribution in [0.1, 0.15) is 26.7 Å². The third kappa shape index (κ3) is 4.38. The van der Waals surface area contributed by atoms with E-state index in [-0.39, 0.29) is 17.1 Å². The monoisotopic (exact) mass is 331 g/mol. The maximum Gasteiger partial charge on any atom is 0.147 e. The van der Waals surface area contributed by atoms with Crippen LogP contribution in [0.15, 0.2) is 27.8 Å². The molecule has 0 bridgehead atoms. The number of rotatable bonds is 6. The Bertz CT molecular complexity index is 443. The number of hydrogen-bond acceptors (Lipinski definition) is 3. The highest BCUT2D eigenvalue weighted by molar-refractivity contribution is 9.10. The van der Waals surface area contributed by atoms with Crippen LogP contribution in [0.3, 0.4) is 0 Å². The minimum atomic E-state index is -0.372. The van der Waals surface area contributed by atoms with Gasteiger partial charge in [-0.3, -0.25) is 0 Å². The van der Waals surface area contributed by atoms with Crippen LogP contribution < -0.4 is 11.1 Å². The third-order valence-corrected chi connectivity index (χ3v) is 3.71. The molecule has 4 N–H and O–H groups in total. The Balaban J connectivity index is 2.48. The van der Waals surface area contributed by atoms with Gasteiger partial charge >= 0.3 is 0 Å². The van der Waals surface area contributed by atoms with Crippen molar-refractivity contribution in [2.24, 2.45) is 16.3 Å². The average Bonchev–Trinajstić information content (AvgIpc) is 2.36. The Labute approximate surface area is 121 Å². The summed E-state index contributed by atoms with van der Waals surface area (Å²) in [5, 5.41) is 14.7. The quantitative estimate of drug-likeness (QED) is 0.245. The number of amidine groups is 1. The molecule has 0 heterocycles. The Morgan fingerprint density at radius 1 is 1.53 bits per heavy atom. The van der Waals surface area contributed by atoms with Gasteiger partial charge in [0.15, 0.2) is 0 Å². The molecule has 0 aliphatic heterocycles. The minimum Gasteiger partial charge on any atom is -0.409 e. The zero-order chi connectivity index (χ0) is 14.5. The summed E-state index contributed by atoms with van der Waals surface area (Å²) in [7, 11) is 0. The summed E-state index contributed by atoms with van der Waals surface area (Å²) in [6.45, 7) is 4.42. The second kappa shape index (κ2) is 6.75. The van der Waals surface area contributed by atoms with Gasteiger partial charge in [0.2, 0.25) is 0 Å². The Morgan fingerprint density at radius 3 is 2.79 bits per heavy atom. The number of hydrogen-bond donors (Lipinski definition) is 3. The highest BCUT2D eigenvalue weighted by Gasteiger charge is 2.22. The Hall–Kier alpha value is -1.30. The molecule has 0 aromatic heterocycles. The van der Waals surface area contributed by atoms with E-state index < -0.39 is 0 Å². The molecule has 0 radical (unpaired) electrons. The van der Waals surface area contributed by atoms with Crippen LogP contribution in [0.4, 0.5) is 10.1 Å². The van der Waals surface area contributed by atoms with Gasteiger partial charge in [0, 0.05) is 16.4 Å². The van der Waals surface area contributed by atoms with E-state index in [1.165, 1.54) is 6.07 Å². The van der Waals surface area contributed by atoms with Crippen molar-refractivity contribution in [2.75, 3.05) is 11.9 Å². The maximum absolute atomic E-state index is 13.5. The molecule has 6 heteroatoms. The van der Waals surface area contributed by atoms with Crippen molar-refractivity contribution >= 4 is 27.5 Å². The summed E-state index contributed by atoms with van der Waals surface area (Å²) in [5.74, 6) is -0.0790. The smallest absolute Gasteiger partial charge is 0.147 e. The van der Waals surface area contributed by atoms with Crippen LogP contribution in [0, 0.1) is 11.2 Å². The third-order valence-electron chi connectivity index (χ3n) is 3.04. The summed E-state index contributed by atoms with van der Waals surface area (Å²) >= 11 is 3.30. The van der Waals surface area contributed by atoms with E-state index in [9.17, 15) is 4.39 Å². The molecule has 0 amide bonds. The van der Waals surface area contributed by atoms with Crippen molar-refractivity contribution in [3.63, 3.8) is 0 Å². The molecular formula is C13H19BrFN3O. The first-order chi connectivity index (χ1) is 8.88. The molecule has 0 saturated carbocycles. The van der Waals surface area contributed by atoms with Crippen LogP contribution >= 0.6 is 15.9 Å². The fraction of sp³-hybridized carbons (Fsp3) is 0.462. The standard InChI is InChI=1S/C13H19BrFN3O/c1-13(2,12(16)18-19)7-4-8-17-11-9(14)5-3-6-10(11)15/h3,5-6,17,19H,4,7-8H2,1-2H3,(H2,16,18). The minimum absolute atomic E-state index is 0.208. The van der Waals surface area contributed by atoms with Gasteiger partial charge in [-0.25, -0.2) is 4.39 Å².